The Balaban J connectivity index is 1.70. The van der Waals surface area contributed by atoms with Crippen molar-refractivity contribution in [2.45, 2.75) is 78.2 Å². The molecule has 1 heteroatoms. The van der Waals surface area contributed by atoms with E-state index < -0.39 is 0 Å². The van der Waals surface area contributed by atoms with Gasteiger partial charge in [-0.1, -0.05) is 101 Å². The first-order valence-corrected chi connectivity index (χ1v) is 10.8. The van der Waals surface area contributed by atoms with Gasteiger partial charge in [0.15, 0.2) is 0 Å². The average Bonchev–Trinajstić information content (AvgIpc) is 2.71. The molecule has 0 bridgehead atoms. The van der Waals surface area contributed by atoms with Crippen LogP contribution in [0.4, 0.5) is 0 Å². The molecule has 0 unspecified atom stereocenters. The molecule has 0 saturated carbocycles. The molecule has 2 rings (SSSR count). The van der Waals surface area contributed by atoms with E-state index in [1.807, 2.05) is 0 Å². The van der Waals surface area contributed by atoms with Crippen LogP contribution in [0.5, 0.6) is 5.75 Å². The molecule has 146 valence electrons. The number of hydrogen-bond donors (Lipinski definition) is 0. The van der Waals surface area contributed by atoms with E-state index in [1.54, 1.807) is 0 Å². The van der Waals surface area contributed by atoms with Crippen molar-refractivity contribution in [3.8, 4) is 5.75 Å². The van der Waals surface area contributed by atoms with Crippen LogP contribution in [0, 0.1) is 0 Å². The highest BCUT2D eigenvalue weighted by molar-refractivity contribution is 5.50. The van der Waals surface area contributed by atoms with Crippen LogP contribution in [-0.2, 0) is 13.0 Å². The lowest BCUT2D eigenvalue weighted by atomic mass is 10.0. The van der Waals surface area contributed by atoms with Gasteiger partial charge >= 0.3 is 0 Å². The molecule has 0 amide bonds. The first-order valence-electron chi connectivity index (χ1n) is 10.8. The van der Waals surface area contributed by atoms with Gasteiger partial charge < -0.3 is 4.74 Å². The van der Waals surface area contributed by atoms with E-state index in [0.717, 1.165) is 12.2 Å². The molecule has 0 aromatic heterocycles. The topological polar surface area (TPSA) is 9.23 Å². The monoisotopic (exact) mass is 364 g/mol. The van der Waals surface area contributed by atoms with E-state index in [1.165, 1.54) is 68.1 Å². The third-order valence-corrected chi connectivity index (χ3v) is 4.89. The van der Waals surface area contributed by atoms with E-state index in [2.05, 4.69) is 74.5 Å². The maximum Gasteiger partial charge on any atom is 0.119 e. The summed E-state index contributed by atoms with van der Waals surface area (Å²) in [6.07, 6.45) is 16.1. The molecule has 2 aromatic rings. The summed E-state index contributed by atoms with van der Waals surface area (Å²) in [5.74, 6) is 0.929. The Morgan fingerprint density at radius 1 is 0.704 bits per heavy atom. The molecule has 0 aliphatic carbocycles. The molecule has 0 atom stereocenters. The van der Waals surface area contributed by atoms with Crippen LogP contribution in [0.3, 0.4) is 0 Å². The molecule has 0 aliphatic rings. The van der Waals surface area contributed by atoms with Gasteiger partial charge in [0.25, 0.3) is 0 Å². The highest BCUT2D eigenvalue weighted by Crippen LogP contribution is 2.16. The average molecular weight is 365 g/mol. The van der Waals surface area contributed by atoms with Gasteiger partial charge in [0.1, 0.15) is 12.4 Å². The summed E-state index contributed by atoms with van der Waals surface area (Å²) < 4.78 is 5.92. The summed E-state index contributed by atoms with van der Waals surface area (Å²) in [5, 5.41) is 0. The highest BCUT2D eigenvalue weighted by atomic mass is 16.5. The van der Waals surface area contributed by atoms with Crippen LogP contribution < -0.4 is 4.74 Å². The molecule has 0 aliphatic heterocycles. The minimum atomic E-state index is 0.627. The van der Waals surface area contributed by atoms with E-state index in [-0.39, 0.29) is 0 Å². The molecule has 27 heavy (non-hydrogen) atoms. The van der Waals surface area contributed by atoms with Crippen molar-refractivity contribution in [2.24, 2.45) is 0 Å². The van der Waals surface area contributed by atoms with Crippen LogP contribution in [0.2, 0.25) is 0 Å². The number of ether oxygens (including phenoxy) is 1. The number of allylic oxidation sites excluding steroid dienone is 1. The molecule has 0 saturated heterocycles. The largest absolute Gasteiger partial charge is 0.489 e. The predicted molar refractivity (Wildman–Crippen MR) is 118 cm³/mol. The van der Waals surface area contributed by atoms with Crippen molar-refractivity contribution in [1.29, 1.82) is 0 Å². The standard InChI is InChI=1S/C26H36O/c1-3-5-7-8-9-11-13-23-14-16-25(17-15-23)22-27-26-20-18-24(19-21-26)12-10-6-4-2/h10,12,14-21H,3-9,11,13,22H2,1-2H3/b12-10+. The smallest absolute Gasteiger partial charge is 0.119 e. The Kier molecular flexibility index (Phi) is 10.4. The number of benzene rings is 2. The number of aryl methyl sites for hydroxylation is 1. The van der Waals surface area contributed by atoms with Crippen molar-refractivity contribution < 1.29 is 4.74 Å². The lowest BCUT2D eigenvalue weighted by molar-refractivity contribution is 0.306. The van der Waals surface area contributed by atoms with E-state index in [0.29, 0.717) is 6.61 Å². The van der Waals surface area contributed by atoms with Gasteiger partial charge in [-0.2, -0.15) is 0 Å². The van der Waals surface area contributed by atoms with Gasteiger partial charge in [0.2, 0.25) is 0 Å². The zero-order valence-electron chi connectivity index (χ0n) is 17.3. The zero-order valence-corrected chi connectivity index (χ0v) is 17.3. The molecule has 1 nitrogen and oxygen atoms in total. The van der Waals surface area contributed by atoms with Crippen molar-refractivity contribution in [2.75, 3.05) is 0 Å². The Labute approximate surface area is 166 Å². The minimum absolute atomic E-state index is 0.627. The quantitative estimate of drug-likeness (QED) is 0.327. The Hall–Kier alpha value is -2.02. The van der Waals surface area contributed by atoms with Gasteiger partial charge in [-0.15, -0.1) is 0 Å². The van der Waals surface area contributed by atoms with Crippen LogP contribution in [-0.4, -0.2) is 0 Å². The van der Waals surface area contributed by atoms with Crippen molar-refractivity contribution in [3.63, 3.8) is 0 Å². The maximum atomic E-state index is 5.92. The summed E-state index contributed by atoms with van der Waals surface area (Å²) >= 11 is 0. The Bertz CT molecular complexity index is 637. The van der Waals surface area contributed by atoms with Gasteiger partial charge in [0, 0.05) is 0 Å². The van der Waals surface area contributed by atoms with Gasteiger partial charge in [-0.25, -0.2) is 0 Å². The molecular formula is C26H36O. The second-order valence-corrected chi connectivity index (χ2v) is 7.38. The zero-order chi connectivity index (χ0) is 19.2. The summed E-state index contributed by atoms with van der Waals surface area (Å²) in [5.41, 5.74) is 3.90. The number of rotatable bonds is 13. The van der Waals surface area contributed by atoms with Crippen LogP contribution >= 0.6 is 0 Å². The number of unbranched alkanes of at least 4 members (excludes halogenated alkanes) is 6. The Morgan fingerprint density at radius 3 is 2.07 bits per heavy atom. The van der Waals surface area contributed by atoms with Crippen LogP contribution in [0.1, 0.15) is 81.9 Å². The number of hydrogen-bond acceptors (Lipinski definition) is 1. The van der Waals surface area contributed by atoms with Gasteiger partial charge in [-0.3, -0.25) is 0 Å². The van der Waals surface area contributed by atoms with Gasteiger partial charge in [-0.05, 0) is 48.1 Å². The van der Waals surface area contributed by atoms with E-state index in [4.69, 9.17) is 4.74 Å². The second kappa shape index (κ2) is 13.2. The fraction of sp³-hybridized carbons (Fsp3) is 0.462. The van der Waals surface area contributed by atoms with Crippen molar-refractivity contribution >= 4 is 6.08 Å². The summed E-state index contributed by atoms with van der Waals surface area (Å²) in [6.45, 7) is 5.09. The molecule has 0 radical (unpaired) electrons. The van der Waals surface area contributed by atoms with Crippen molar-refractivity contribution in [3.05, 3.63) is 71.3 Å². The molecule has 0 spiro atoms. The van der Waals surface area contributed by atoms with E-state index >= 15 is 0 Å². The third-order valence-electron chi connectivity index (χ3n) is 4.89. The van der Waals surface area contributed by atoms with Crippen LogP contribution in [0.15, 0.2) is 54.6 Å². The summed E-state index contributed by atoms with van der Waals surface area (Å²) in [6, 6.07) is 17.3. The normalized spacial score (nSPS) is 11.2. The lowest BCUT2D eigenvalue weighted by Gasteiger charge is -2.08. The first kappa shape index (κ1) is 21.3. The molecule has 2 aromatic carbocycles. The SMILES string of the molecule is CCC/C=C/c1ccc(OCc2ccc(CCCCCCCC)cc2)cc1. The summed E-state index contributed by atoms with van der Waals surface area (Å²) in [4.78, 5) is 0. The fourth-order valence-electron chi connectivity index (χ4n) is 3.14. The predicted octanol–water partition coefficient (Wildman–Crippen LogP) is 7.98. The second-order valence-electron chi connectivity index (χ2n) is 7.38. The van der Waals surface area contributed by atoms with Gasteiger partial charge in [0.05, 0.1) is 0 Å². The highest BCUT2D eigenvalue weighted by Gasteiger charge is 1.99. The lowest BCUT2D eigenvalue weighted by Crippen LogP contribution is -1.96. The van der Waals surface area contributed by atoms with Crippen LogP contribution in [0.25, 0.3) is 6.08 Å². The first-order chi connectivity index (χ1) is 13.3. The Morgan fingerprint density at radius 2 is 1.37 bits per heavy atom. The summed E-state index contributed by atoms with van der Waals surface area (Å²) in [7, 11) is 0. The molecule has 0 heterocycles. The minimum Gasteiger partial charge on any atom is -0.489 e. The molecule has 0 fully saturated rings. The maximum absolute atomic E-state index is 5.92. The van der Waals surface area contributed by atoms with E-state index in [9.17, 15) is 0 Å². The molecular weight excluding hydrogens is 328 g/mol. The van der Waals surface area contributed by atoms with Crippen molar-refractivity contribution in [1.82, 2.24) is 0 Å². The molecule has 0 N–H and O–H groups in total. The third kappa shape index (κ3) is 8.95. The fourth-order valence-corrected chi connectivity index (χ4v) is 3.14.